The minimum absolute atomic E-state index is 0.0173. The van der Waals surface area contributed by atoms with E-state index < -0.39 is 0 Å². The van der Waals surface area contributed by atoms with Gasteiger partial charge in [-0.15, -0.1) is 0 Å². The Balaban J connectivity index is 2.02. The zero-order valence-corrected chi connectivity index (χ0v) is 12.5. The third kappa shape index (κ3) is 3.58. The fraction of sp³-hybridized carbons (Fsp3) is 0.714. The number of rotatable bonds is 4. The highest BCUT2D eigenvalue weighted by atomic mass is 16.1. The highest BCUT2D eigenvalue weighted by Gasteiger charge is 2.19. The van der Waals surface area contributed by atoms with E-state index in [2.05, 4.69) is 21.7 Å². The predicted octanol–water partition coefficient (Wildman–Crippen LogP) is -0.113. The fourth-order valence-corrected chi connectivity index (χ4v) is 2.58. The van der Waals surface area contributed by atoms with Crippen molar-refractivity contribution in [2.24, 2.45) is 18.7 Å². The quantitative estimate of drug-likeness (QED) is 0.833. The van der Waals surface area contributed by atoms with Gasteiger partial charge >= 0.3 is 0 Å². The van der Waals surface area contributed by atoms with Gasteiger partial charge in [-0.2, -0.15) is 0 Å². The molecule has 20 heavy (non-hydrogen) atoms. The highest BCUT2D eigenvalue weighted by molar-refractivity contribution is 5.35. The van der Waals surface area contributed by atoms with Gasteiger partial charge in [0, 0.05) is 45.6 Å². The molecule has 0 aliphatic carbocycles. The zero-order valence-electron chi connectivity index (χ0n) is 12.5. The van der Waals surface area contributed by atoms with Crippen LogP contribution in [0.2, 0.25) is 0 Å². The monoisotopic (exact) mass is 279 g/mol. The van der Waals surface area contributed by atoms with E-state index in [1.807, 2.05) is 0 Å². The summed E-state index contributed by atoms with van der Waals surface area (Å²) < 4.78 is 1.58. The van der Waals surface area contributed by atoms with Crippen molar-refractivity contribution in [3.05, 3.63) is 22.7 Å². The normalized spacial score (nSPS) is 18.9. The molecule has 0 saturated carbocycles. The van der Waals surface area contributed by atoms with Crippen LogP contribution in [0.25, 0.3) is 0 Å². The van der Waals surface area contributed by atoms with Crippen LogP contribution in [0.1, 0.15) is 13.3 Å². The van der Waals surface area contributed by atoms with Gasteiger partial charge in [0.25, 0.3) is 5.56 Å². The van der Waals surface area contributed by atoms with E-state index in [0.29, 0.717) is 11.7 Å². The van der Waals surface area contributed by atoms with Crippen molar-refractivity contribution < 1.29 is 0 Å². The second-order valence-electron chi connectivity index (χ2n) is 5.65. The number of hydrogen-bond acceptors (Lipinski definition) is 5. The maximum Gasteiger partial charge on any atom is 0.293 e. The second kappa shape index (κ2) is 6.85. The molecule has 0 aromatic carbocycles. The lowest BCUT2D eigenvalue weighted by Crippen LogP contribution is -2.37. The molecule has 1 aromatic heterocycles. The lowest BCUT2D eigenvalue weighted by molar-refractivity contribution is 0.255. The number of hydrogen-bond donors (Lipinski definition) is 1. The van der Waals surface area contributed by atoms with Gasteiger partial charge in [0.05, 0.1) is 0 Å². The Hall–Kier alpha value is -1.40. The van der Waals surface area contributed by atoms with Crippen molar-refractivity contribution in [2.75, 3.05) is 44.2 Å². The first kappa shape index (κ1) is 15.0. The van der Waals surface area contributed by atoms with E-state index in [-0.39, 0.29) is 5.56 Å². The molecule has 6 nitrogen and oxygen atoms in total. The van der Waals surface area contributed by atoms with Crippen LogP contribution in [0, 0.1) is 5.92 Å². The van der Waals surface area contributed by atoms with Gasteiger partial charge in [0.1, 0.15) is 0 Å². The Bertz CT molecular complexity index is 487. The largest absolute Gasteiger partial charge is 0.351 e. The Kier molecular flexibility index (Phi) is 5.14. The fourth-order valence-electron chi connectivity index (χ4n) is 2.58. The van der Waals surface area contributed by atoms with E-state index in [0.717, 1.165) is 45.7 Å². The molecule has 112 valence electrons. The van der Waals surface area contributed by atoms with Crippen molar-refractivity contribution in [3.63, 3.8) is 0 Å². The van der Waals surface area contributed by atoms with Gasteiger partial charge in [-0.3, -0.25) is 4.79 Å². The molecule has 0 radical (unpaired) electrons. The summed E-state index contributed by atoms with van der Waals surface area (Å²) in [6.07, 6.45) is 4.44. The summed E-state index contributed by atoms with van der Waals surface area (Å²) in [7, 11) is 1.76. The summed E-state index contributed by atoms with van der Waals surface area (Å²) in [5, 5.41) is 0. The molecule has 0 amide bonds. The first-order valence-corrected chi connectivity index (χ1v) is 7.31. The Morgan fingerprint density at radius 1 is 1.35 bits per heavy atom. The van der Waals surface area contributed by atoms with Crippen molar-refractivity contribution in [3.8, 4) is 0 Å². The molecule has 1 atom stereocenters. The number of nitrogens with two attached hydrogens (primary N) is 1. The molecule has 0 spiro atoms. The smallest absolute Gasteiger partial charge is 0.293 e. The van der Waals surface area contributed by atoms with E-state index in [9.17, 15) is 4.79 Å². The first-order valence-electron chi connectivity index (χ1n) is 7.31. The topological polar surface area (TPSA) is 67.4 Å². The molecule has 1 aliphatic heterocycles. The lowest BCUT2D eigenvalue weighted by atomic mass is 10.1. The van der Waals surface area contributed by atoms with Crippen LogP contribution >= 0.6 is 0 Å². The van der Waals surface area contributed by atoms with Crippen LogP contribution in [-0.4, -0.2) is 53.7 Å². The molecule has 1 aromatic rings. The average molecular weight is 279 g/mol. The average Bonchev–Trinajstić information content (AvgIpc) is 2.67. The third-order valence-corrected chi connectivity index (χ3v) is 3.86. The van der Waals surface area contributed by atoms with E-state index in [4.69, 9.17) is 5.73 Å². The molecule has 1 fully saturated rings. The van der Waals surface area contributed by atoms with Gasteiger partial charge in [-0.05, 0) is 25.4 Å². The van der Waals surface area contributed by atoms with Gasteiger partial charge in [-0.1, -0.05) is 6.92 Å². The van der Waals surface area contributed by atoms with Crippen LogP contribution < -0.4 is 16.2 Å². The molecule has 2 heterocycles. The zero-order chi connectivity index (χ0) is 14.5. The van der Waals surface area contributed by atoms with E-state index in [1.165, 1.54) is 0 Å². The molecular weight excluding hydrogens is 254 g/mol. The van der Waals surface area contributed by atoms with Gasteiger partial charge < -0.3 is 20.1 Å². The Morgan fingerprint density at radius 3 is 2.90 bits per heavy atom. The standard InChI is InChI=1S/C14H25N5O/c1-12(10-15)11-18-5-3-6-19(9-8-18)13-14(20)17(2)7-4-16-13/h4,7,12H,3,5-6,8-11,15H2,1-2H3. The summed E-state index contributed by atoms with van der Waals surface area (Å²) in [6, 6.07) is 0. The van der Waals surface area contributed by atoms with Crippen LogP contribution in [0.15, 0.2) is 17.2 Å². The van der Waals surface area contributed by atoms with Crippen LogP contribution in [-0.2, 0) is 7.05 Å². The van der Waals surface area contributed by atoms with E-state index in [1.54, 1.807) is 24.0 Å². The SMILES string of the molecule is CC(CN)CN1CCCN(c2nccn(C)c2=O)CC1. The van der Waals surface area contributed by atoms with Crippen LogP contribution in [0.4, 0.5) is 5.82 Å². The second-order valence-corrected chi connectivity index (χ2v) is 5.65. The molecule has 0 bridgehead atoms. The summed E-state index contributed by atoms with van der Waals surface area (Å²) in [5.74, 6) is 1.09. The molecule has 6 heteroatoms. The van der Waals surface area contributed by atoms with Crippen molar-refractivity contribution in [1.29, 1.82) is 0 Å². The maximum atomic E-state index is 12.1. The van der Waals surface area contributed by atoms with Crippen molar-refractivity contribution in [2.45, 2.75) is 13.3 Å². The van der Waals surface area contributed by atoms with Gasteiger partial charge in [0.2, 0.25) is 0 Å². The van der Waals surface area contributed by atoms with E-state index >= 15 is 0 Å². The number of aromatic nitrogens is 2. The van der Waals surface area contributed by atoms with Crippen LogP contribution in [0.5, 0.6) is 0 Å². The first-order chi connectivity index (χ1) is 9.61. The van der Waals surface area contributed by atoms with Gasteiger partial charge in [0.15, 0.2) is 5.82 Å². The van der Waals surface area contributed by atoms with Crippen molar-refractivity contribution >= 4 is 5.82 Å². The molecule has 2 N–H and O–H groups in total. The predicted molar refractivity (Wildman–Crippen MR) is 81.0 cm³/mol. The molecule has 2 rings (SSSR count). The van der Waals surface area contributed by atoms with Gasteiger partial charge in [-0.25, -0.2) is 4.98 Å². The number of anilines is 1. The van der Waals surface area contributed by atoms with Crippen molar-refractivity contribution in [1.82, 2.24) is 14.5 Å². The minimum atomic E-state index is -0.0173. The maximum absolute atomic E-state index is 12.1. The number of nitrogens with zero attached hydrogens (tertiary/aromatic N) is 4. The molecule has 1 saturated heterocycles. The summed E-state index contributed by atoms with van der Waals surface area (Å²) in [6.45, 7) is 7.70. The Morgan fingerprint density at radius 2 is 2.15 bits per heavy atom. The molecule has 1 aliphatic rings. The Labute approximate surface area is 120 Å². The minimum Gasteiger partial charge on any atom is -0.351 e. The highest BCUT2D eigenvalue weighted by Crippen LogP contribution is 2.10. The molecule has 1 unspecified atom stereocenters. The van der Waals surface area contributed by atoms with Crippen LogP contribution in [0.3, 0.4) is 0 Å². The third-order valence-electron chi connectivity index (χ3n) is 3.86. The lowest BCUT2D eigenvalue weighted by Gasteiger charge is -2.24. The summed E-state index contributed by atoms with van der Waals surface area (Å²) >= 11 is 0. The summed E-state index contributed by atoms with van der Waals surface area (Å²) in [5.41, 5.74) is 5.67. The summed E-state index contributed by atoms with van der Waals surface area (Å²) in [4.78, 5) is 20.9. The number of aryl methyl sites for hydroxylation is 1. The molecular formula is C14H25N5O.